The van der Waals surface area contributed by atoms with Crippen LogP contribution >= 0.6 is 0 Å². The van der Waals surface area contributed by atoms with E-state index in [-0.39, 0.29) is 39.0 Å². The van der Waals surface area contributed by atoms with Crippen LogP contribution in [0.5, 0.6) is 0 Å². The van der Waals surface area contributed by atoms with Crippen LogP contribution in [0, 0.1) is 0 Å². The molecule has 0 aliphatic heterocycles. The van der Waals surface area contributed by atoms with E-state index in [2.05, 4.69) is 35.4 Å². The van der Waals surface area contributed by atoms with Gasteiger partial charge in [0.15, 0.2) is 11.9 Å². The number of rotatable bonds is 12. The molecule has 9 heteroatoms. The summed E-state index contributed by atoms with van der Waals surface area (Å²) in [6, 6.07) is 23.8. The largest absolute Gasteiger partial charge is 2.00 e. The Morgan fingerprint density at radius 2 is 1.08 bits per heavy atom. The number of aromatic nitrogens is 4. The molecule has 0 saturated carbocycles. The molecule has 0 radical (unpaired) electrons. The molecule has 4 aromatic rings. The van der Waals surface area contributed by atoms with Gasteiger partial charge in [0.25, 0.3) is 0 Å². The Hall–Kier alpha value is -2.27. The van der Waals surface area contributed by atoms with Gasteiger partial charge in [-0.2, -0.15) is 0 Å². The van der Waals surface area contributed by atoms with Crippen LogP contribution < -0.4 is 9.67 Å². The summed E-state index contributed by atoms with van der Waals surface area (Å²) in [5.41, 5.74) is 3.99. The summed E-state index contributed by atoms with van der Waals surface area (Å²) < 4.78 is 2.10. The van der Waals surface area contributed by atoms with E-state index in [0.29, 0.717) is 39.3 Å². The van der Waals surface area contributed by atoms with Crippen LogP contribution in [0.1, 0.15) is 22.8 Å². The van der Waals surface area contributed by atoms with Gasteiger partial charge in [0.1, 0.15) is 7.05 Å². The van der Waals surface area contributed by atoms with Crippen molar-refractivity contribution in [2.24, 2.45) is 7.05 Å². The first-order chi connectivity index (χ1) is 17.2. The number of hydrogen-bond acceptors (Lipinski definition) is 6. The topological polar surface area (TPSA) is 72.1 Å². The van der Waals surface area contributed by atoms with Crippen molar-refractivity contribution < 1.29 is 48.6 Å². The average molecular weight is 599 g/mol. The van der Waals surface area contributed by atoms with E-state index in [1.807, 2.05) is 80.0 Å². The number of nitrogens with zero attached hydrogens (tertiary/aromatic N) is 6. The van der Waals surface area contributed by atoms with Crippen LogP contribution in [0.15, 0.2) is 97.6 Å². The summed E-state index contributed by atoms with van der Waals surface area (Å²) in [6.07, 6.45) is 6.60. The first-order valence-electron chi connectivity index (χ1n) is 11.9. The van der Waals surface area contributed by atoms with Crippen LogP contribution in [-0.2, 0) is 72.2 Å². The quantitative estimate of drug-likeness (QED) is 0.184. The van der Waals surface area contributed by atoms with Gasteiger partial charge in [-0.15, -0.1) is 6.10 Å². The standard InChI is InChI=1S/C28H32N6O.2Zn/c1-32-17-9-5-13-27(32)21-34(20-26-12-4-8-16-31-26)23-28(35)22-33(18-24-10-2-6-14-29-24)19-25-11-3-7-15-30-25;;/h2-17,28H,18-23H2,1H3;;/q;2*+2. The third kappa shape index (κ3) is 10.5. The third-order valence-electron chi connectivity index (χ3n) is 5.81. The van der Waals surface area contributed by atoms with Gasteiger partial charge in [0.05, 0.1) is 23.6 Å². The molecule has 0 aliphatic carbocycles. The third-order valence-corrected chi connectivity index (χ3v) is 5.81. The molecule has 4 heterocycles. The second-order valence-electron chi connectivity index (χ2n) is 8.73. The Balaban J connectivity index is 0.00000241. The zero-order valence-corrected chi connectivity index (χ0v) is 27.5. The van der Waals surface area contributed by atoms with Crippen molar-refractivity contribution in [3.05, 3.63) is 120 Å². The minimum atomic E-state index is -0.805. The minimum Gasteiger partial charge on any atom is -0.850 e. The summed E-state index contributed by atoms with van der Waals surface area (Å²) >= 11 is 0. The fraction of sp³-hybridized carbons (Fsp3) is 0.286. The van der Waals surface area contributed by atoms with Crippen LogP contribution in [0.2, 0.25) is 0 Å². The molecule has 0 fully saturated rings. The molecule has 4 rings (SSSR count). The molecule has 0 spiro atoms. The fourth-order valence-electron chi connectivity index (χ4n) is 4.12. The van der Waals surface area contributed by atoms with E-state index in [0.717, 1.165) is 22.8 Å². The van der Waals surface area contributed by atoms with Gasteiger partial charge < -0.3 is 5.11 Å². The molecule has 1 atom stereocenters. The van der Waals surface area contributed by atoms with Crippen molar-refractivity contribution in [1.82, 2.24) is 24.8 Å². The predicted molar refractivity (Wildman–Crippen MR) is 132 cm³/mol. The number of aryl methyl sites for hydroxylation is 1. The molecule has 0 saturated heterocycles. The Kier molecular flexibility index (Phi) is 13.8. The number of pyridine rings is 4. The van der Waals surface area contributed by atoms with Crippen LogP contribution in [0.3, 0.4) is 0 Å². The fourth-order valence-corrected chi connectivity index (χ4v) is 4.12. The van der Waals surface area contributed by atoms with Crippen molar-refractivity contribution in [1.29, 1.82) is 0 Å². The first-order valence-corrected chi connectivity index (χ1v) is 11.9. The van der Waals surface area contributed by atoms with Crippen molar-refractivity contribution >= 4 is 0 Å². The van der Waals surface area contributed by atoms with Crippen molar-refractivity contribution in [3.63, 3.8) is 0 Å². The van der Waals surface area contributed by atoms with E-state index in [1.165, 1.54) is 0 Å². The average Bonchev–Trinajstić information content (AvgIpc) is 2.87. The van der Waals surface area contributed by atoms with E-state index >= 15 is 0 Å². The van der Waals surface area contributed by atoms with Gasteiger partial charge in [-0.1, -0.05) is 24.3 Å². The van der Waals surface area contributed by atoms with Gasteiger partial charge in [0.2, 0.25) is 0 Å². The molecule has 0 amide bonds. The molecule has 7 nitrogen and oxygen atoms in total. The maximum Gasteiger partial charge on any atom is 2.00 e. The second kappa shape index (κ2) is 16.5. The normalized spacial score (nSPS) is 11.6. The Bertz CT molecular complexity index is 1110. The monoisotopic (exact) mass is 596 g/mol. The van der Waals surface area contributed by atoms with E-state index in [4.69, 9.17) is 0 Å². The molecular formula is C28H32N6OZn2+4. The van der Waals surface area contributed by atoms with E-state index < -0.39 is 6.10 Å². The Morgan fingerprint density at radius 3 is 1.49 bits per heavy atom. The van der Waals surface area contributed by atoms with Gasteiger partial charge in [-0.05, 0) is 49.5 Å². The SMILES string of the molecule is C[n+]1ccccc1CN(Cc1ccccn1)CC([O-])CN(Cc1ccccn1)Cc1ccccn1.[Zn+2].[Zn+2]. The Labute approximate surface area is 245 Å². The molecule has 180 valence electrons. The van der Waals surface area contributed by atoms with Crippen LogP contribution in [0.25, 0.3) is 0 Å². The maximum atomic E-state index is 13.4. The molecule has 4 aromatic heterocycles. The number of hydrogen-bond donors (Lipinski definition) is 0. The van der Waals surface area contributed by atoms with Gasteiger partial charge in [-0.25, -0.2) is 4.57 Å². The van der Waals surface area contributed by atoms with Gasteiger partial charge in [0, 0.05) is 50.4 Å². The molecule has 0 aliphatic rings. The summed E-state index contributed by atoms with van der Waals surface area (Å²) in [5.74, 6) is 0. The van der Waals surface area contributed by atoms with Crippen molar-refractivity contribution in [2.45, 2.75) is 32.3 Å². The van der Waals surface area contributed by atoms with Gasteiger partial charge >= 0.3 is 39.0 Å². The first kappa shape index (κ1) is 30.9. The summed E-state index contributed by atoms with van der Waals surface area (Å²) in [4.78, 5) is 17.7. The summed E-state index contributed by atoms with van der Waals surface area (Å²) in [6.45, 7) is 3.30. The van der Waals surface area contributed by atoms with E-state index in [9.17, 15) is 5.11 Å². The maximum absolute atomic E-state index is 13.4. The predicted octanol–water partition coefficient (Wildman–Crippen LogP) is 2.12. The zero-order valence-electron chi connectivity index (χ0n) is 21.6. The molecule has 0 bridgehead atoms. The van der Waals surface area contributed by atoms with E-state index in [1.54, 1.807) is 18.6 Å². The van der Waals surface area contributed by atoms with Crippen molar-refractivity contribution in [2.75, 3.05) is 13.1 Å². The molecule has 0 aromatic carbocycles. The smallest absolute Gasteiger partial charge is 0.850 e. The van der Waals surface area contributed by atoms with Gasteiger partial charge in [-0.3, -0.25) is 24.8 Å². The van der Waals surface area contributed by atoms with Crippen molar-refractivity contribution in [3.8, 4) is 0 Å². The summed E-state index contributed by atoms with van der Waals surface area (Å²) in [7, 11) is 2.03. The molecule has 1 unspecified atom stereocenters. The summed E-state index contributed by atoms with van der Waals surface area (Å²) in [5, 5.41) is 13.4. The van der Waals surface area contributed by atoms with Crippen LogP contribution in [0.4, 0.5) is 0 Å². The van der Waals surface area contributed by atoms with Crippen LogP contribution in [-0.4, -0.2) is 43.9 Å². The second-order valence-corrected chi connectivity index (χ2v) is 8.73. The minimum absolute atomic E-state index is 0. The zero-order chi connectivity index (χ0) is 24.3. The molecule has 0 N–H and O–H groups in total. The Morgan fingerprint density at radius 1 is 0.649 bits per heavy atom. The molecule has 37 heavy (non-hydrogen) atoms. The molecular weight excluding hydrogens is 567 g/mol.